The summed E-state index contributed by atoms with van der Waals surface area (Å²) in [5.74, 6) is -1.50. The van der Waals surface area contributed by atoms with Crippen LogP contribution in [0, 0.1) is 0 Å². The second-order valence-electron chi connectivity index (χ2n) is 8.74. The van der Waals surface area contributed by atoms with E-state index in [2.05, 4.69) is 19.9 Å². The number of benzene rings is 3. The molecule has 0 unspecified atom stereocenters. The van der Waals surface area contributed by atoms with Crippen LogP contribution in [0.4, 0.5) is 0 Å². The Morgan fingerprint density at radius 3 is 1.79 bits per heavy atom. The molecule has 1 aliphatic carbocycles. The van der Waals surface area contributed by atoms with Gasteiger partial charge in [0.25, 0.3) is 0 Å². The maximum atomic E-state index is 12.2. The fourth-order valence-electron chi connectivity index (χ4n) is 5.44. The highest BCUT2D eigenvalue weighted by atomic mass is 16.4. The number of hydrogen-bond acceptors (Lipinski definition) is 2. The molecule has 1 aliphatic rings. The van der Waals surface area contributed by atoms with E-state index in [1.807, 2.05) is 24.3 Å². The molecule has 3 aromatic carbocycles. The molecule has 33 heavy (non-hydrogen) atoms. The first-order chi connectivity index (χ1) is 16.0. The summed E-state index contributed by atoms with van der Waals surface area (Å²) in [6.07, 6.45) is 6.18. The Bertz CT molecular complexity index is 1200. The highest BCUT2D eigenvalue weighted by molar-refractivity contribution is 6.04. The van der Waals surface area contributed by atoms with Crippen LogP contribution in [0.5, 0.6) is 0 Å². The van der Waals surface area contributed by atoms with E-state index in [-0.39, 0.29) is 11.1 Å². The van der Waals surface area contributed by atoms with Gasteiger partial charge < -0.3 is 10.2 Å². The Balaban J connectivity index is 2.17. The molecule has 4 rings (SSSR count). The van der Waals surface area contributed by atoms with Crippen molar-refractivity contribution in [2.24, 2.45) is 0 Å². The maximum absolute atomic E-state index is 12.2. The number of carboxylic acids is 2. The summed E-state index contributed by atoms with van der Waals surface area (Å²) in [4.78, 5) is 24.4. The largest absolute Gasteiger partial charge is 0.478 e. The number of rotatable bonds is 7. The monoisotopic (exact) mass is 442 g/mol. The lowest BCUT2D eigenvalue weighted by Crippen LogP contribution is -2.10. The van der Waals surface area contributed by atoms with Crippen molar-refractivity contribution in [2.75, 3.05) is 0 Å². The van der Waals surface area contributed by atoms with Gasteiger partial charge in [0.1, 0.15) is 0 Å². The van der Waals surface area contributed by atoms with Gasteiger partial charge in [-0.1, -0.05) is 69.2 Å². The van der Waals surface area contributed by atoms with Gasteiger partial charge in [-0.15, -0.1) is 0 Å². The molecule has 0 heterocycles. The molecule has 170 valence electrons. The van der Waals surface area contributed by atoms with E-state index >= 15 is 0 Å². The standard InChI is InChI=1S/C29H30O4/c1-3-18-17-25(19-11-5-6-12-19)20(4-2)27(22-14-8-10-16-24(22)29(32)33)26(18)21-13-7-9-15-23(21)28(30)31/h7-10,13-17,19H,3-6,11-12H2,1-2H3,(H,30,31)(H,32,33). The highest BCUT2D eigenvalue weighted by Crippen LogP contribution is 2.46. The molecule has 3 aromatic rings. The molecule has 0 saturated heterocycles. The molecule has 4 heteroatoms. The topological polar surface area (TPSA) is 74.6 Å². The second kappa shape index (κ2) is 9.62. The van der Waals surface area contributed by atoms with Crippen molar-refractivity contribution >= 4 is 11.9 Å². The minimum absolute atomic E-state index is 0.233. The third kappa shape index (κ3) is 4.18. The SMILES string of the molecule is CCc1cc(C2CCCC2)c(CC)c(-c2ccccc2C(=O)O)c1-c1ccccc1C(=O)O. The summed E-state index contributed by atoms with van der Waals surface area (Å²) in [5, 5.41) is 20.0. The summed E-state index contributed by atoms with van der Waals surface area (Å²) >= 11 is 0. The zero-order valence-corrected chi connectivity index (χ0v) is 19.2. The van der Waals surface area contributed by atoms with Crippen LogP contribution in [0.1, 0.15) is 82.9 Å². The first kappa shape index (κ1) is 22.8. The summed E-state index contributed by atoms with van der Waals surface area (Å²) < 4.78 is 0. The Morgan fingerprint density at radius 1 is 0.788 bits per heavy atom. The van der Waals surface area contributed by atoms with Crippen molar-refractivity contribution < 1.29 is 19.8 Å². The zero-order chi connectivity index (χ0) is 23.5. The predicted octanol–water partition coefficient (Wildman–Crippen LogP) is 7.20. The van der Waals surface area contributed by atoms with Crippen molar-refractivity contribution in [2.45, 2.75) is 58.3 Å². The molecule has 0 aliphatic heterocycles. The van der Waals surface area contributed by atoms with Crippen LogP contribution in [0.3, 0.4) is 0 Å². The predicted molar refractivity (Wildman–Crippen MR) is 131 cm³/mol. The lowest BCUT2D eigenvalue weighted by atomic mass is 9.77. The summed E-state index contributed by atoms with van der Waals surface area (Å²) in [6.45, 7) is 4.19. The second-order valence-corrected chi connectivity index (χ2v) is 8.74. The molecule has 0 radical (unpaired) electrons. The van der Waals surface area contributed by atoms with Gasteiger partial charge in [-0.25, -0.2) is 9.59 Å². The van der Waals surface area contributed by atoms with Crippen LogP contribution in [0.15, 0.2) is 54.6 Å². The van der Waals surface area contributed by atoms with E-state index in [1.165, 1.54) is 18.4 Å². The molecule has 1 fully saturated rings. The number of hydrogen-bond donors (Lipinski definition) is 2. The molecule has 0 bridgehead atoms. The van der Waals surface area contributed by atoms with Crippen LogP contribution in [-0.2, 0) is 12.8 Å². The van der Waals surface area contributed by atoms with Gasteiger partial charge in [-0.2, -0.15) is 0 Å². The Kier molecular flexibility index (Phi) is 6.64. The quantitative estimate of drug-likeness (QED) is 0.406. The zero-order valence-electron chi connectivity index (χ0n) is 19.2. The van der Waals surface area contributed by atoms with Crippen LogP contribution < -0.4 is 0 Å². The minimum Gasteiger partial charge on any atom is -0.478 e. The lowest BCUT2D eigenvalue weighted by Gasteiger charge is -2.26. The van der Waals surface area contributed by atoms with Gasteiger partial charge in [0.05, 0.1) is 11.1 Å². The van der Waals surface area contributed by atoms with Crippen LogP contribution in [0.2, 0.25) is 0 Å². The molecular weight excluding hydrogens is 412 g/mol. The maximum Gasteiger partial charge on any atom is 0.336 e. The van der Waals surface area contributed by atoms with E-state index < -0.39 is 11.9 Å². The van der Waals surface area contributed by atoms with Gasteiger partial charge in [0, 0.05) is 0 Å². The highest BCUT2D eigenvalue weighted by Gasteiger charge is 2.28. The normalized spacial score (nSPS) is 13.9. The molecule has 0 spiro atoms. The lowest BCUT2D eigenvalue weighted by molar-refractivity contribution is 0.0686. The van der Waals surface area contributed by atoms with Gasteiger partial charge in [-0.3, -0.25) is 0 Å². The van der Waals surface area contributed by atoms with Crippen LogP contribution in [-0.4, -0.2) is 22.2 Å². The first-order valence-electron chi connectivity index (χ1n) is 11.8. The number of aromatic carboxylic acids is 2. The van der Waals surface area contributed by atoms with Crippen molar-refractivity contribution in [3.8, 4) is 22.3 Å². The van der Waals surface area contributed by atoms with E-state index in [4.69, 9.17) is 0 Å². The first-order valence-corrected chi connectivity index (χ1v) is 11.8. The van der Waals surface area contributed by atoms with Gasteiger partial charge in [-0.05, 0) is 82.7 Å². The number of carboxylic acid groups (broad SMARTS) is 2. The Hall–Kier alpha value is -3.40. The summed E-state index contributed by atoms with van der Waals surface area (Å²) in [6, 6.07) is 16.4. The molecule has 2 N–H and O–H groups in total. The average Bonchev–Trinajstić information content (AvgIpc) is 3.37. The van der Waals surface area contributed by atoms with Crippen molar-refractivity contribution in [1.82, 2.24) is 0 Å². The average molecular weight is 443 g/mol. The number of carbonyl (C=O) groups is 2. The third-order valence-electron chi connectivity index (χ3n) is 6.93. The molecule has 0 atom stereocenters. The molecular formula is C29H30O4. The fraction of sp³-hybridized carbons (Fsp3) is 0.310. The number of aryl methyl sites for hydroxylation is 1. The summed E-state index contributed by atoms with van der Waals surface area (Å²) in [7, 11) is 0. The summed E-state index contributed by atoms with van der Waals surface area (Å²) in [5.41, 5.74) is 7.02. The van der Waals surface area contributed by atoms with Crippen LogP contribution in [0.25, 0.3) is 22.3 Å². The molecule has 4 nitrogen and oxygen atoms in total. The van der Waals surface area contributed by atoms with Gasteiger partial charge in [0.2, 0.25) is 0 Å². The van der Waals surface area contributed by atoms with Crippen LogP contribution >= 0.6 is 0 Å². The van der Waals surface area contributed by atoms with E-state index in [1.54, 1.807) is 24.3 Å². The van der Waals surface area contributed by atoms with Crippen molar-refractivity contribution in [3.63, 3.8) is 0 Å². The van der Waals surface area contributed by atoms with Gasteiger partial charge >= 0.3 is 11.9 Å². The smallest absolute Gasteiger partial charge is 0.336 e. The molecule has 0 aromatic heterocycles. The molecule has 0 amide bonds. The third-order valence-corrected chi connectivity index (χ3v) is 6.93. The van der Waals surface area contributed by atoms with E-state index in [0.717, 1.165) is 47.9 Å². The Labute approximate surface area is 194 Å². The minimum atomic E-state index is -0.983. The van der Waals surface area contributed by atoms with E-state index in [9.17, 15) is 19.8 Å². The van der Waals surface area contributed by atoms with Gasteiger partial charge in [0.15, 0.2) is 0 Å². The van der Waals surface area contributed by atoms with Crippen molar-refractivity contribution in [3.05, 3.63) is 82.4 Å². The molecule has 1 saturated carbocycles. The van der Waals surface area contributed by atoms with Crippen molar-refractivity contribution in [1.29, 1.82) is 0 Å². The Morgan fingerprint density at radius 2 is 1.30 bits per heavy atom. The van der Waals surface area contributed by atoms with E-state index in [0.29, 0.717) is 17.0 Å². The fourth-order valence-corrected chi connectivity index (χ4v) is 5.44.